The molecule has 1 atom stereocenters. The number of furan rings is 1. The molecular formula is C17H16FNO4. The highest BCUT2D eigenvalue weighted by atomic mass is 19.1. The number of piperidine rings is 1. The number of likely N-dealkylation sites (tertiary alicyclic amines) is 1. The van der Waals surface area contributed by atoms with Crippen LogP contribution in [0.2, 0.25) is 0 Å². The van der Waals surface area contributed by atoms with E-state index in [4.69, 9.17) is 4.42 Å². The van der Waals surface area contributed by atoms with E-state index in [9.17, 15) is 19.1 Å². The van der Waals surface area contributed by atoms with Crippen LogP contribution >= 0.6 is 0 Å². The molecule has 1 fully saturated rings. The molecule has 1 aliphatic heterocycles. The van der Waals surface area contributed by atoms with Gasteiger partial charge in [-0.25, -0.2) is 9.18 Å². The fourth-order valence-corrected chi connectivity index (χ4v) is 2.80. The molecule has 0 aliphatic carbocycles. The van der Waals surface area contributed by atoms with Crippen LogP contribution in [0.15, 0.2) is 40.8 Å². The number of carboxylic acids is 1. The van der Waals surface area contributed by atoms with Crippen molar-refractivity contribution in [2.75, 3.05) is 6.54 Å². The smallest absolute Gasteiger partial charge is 0.326 e. The third-order valence-corrected chi connectivity index (χ3v) is 3.99. The molecule has 0 saturated carbocycles. The van der Waals surface area contributed by atoms with Gasteiger partial charge < -0.3 is 14.4 Å². The number of aliphatic carboxylic acids is 1. The summed E-state index contributed by atoms with van der Waals surface area (Å²) in [4.78, 5) is 25.2. The van der Waals surface area contributed by atoms with Crippen molar-refractivity contribution in [2.24, 2.45) is 0 Å². The number of carbonyl (C=O) groups excluding carboxylic acids is 1. The molecule has 23 heavy (non-hydrogen) atoms. The first-order valence-corrected chi connectivity index (χ1v) is 7.46. The summed E-state index contributed by atoms with van der Waals surface area (Å²) in [5, 5.41) is 9.25. The van der Waals surface area contributed by atoms with Gasteiger partial charge in [-0.3, -0.25) is 4.79 Å². The predicted molar refractivity (Wildman–Crippen MR) is 80.4 cm³/mol. The maximum Gasteiger partial charge on any atom is 0.326 e. The van der Waals surface area contributed by atoms with Gasteiger partial charge in [-0.2, -0.15) is 0 Å². The number of carbonyl (C=O) groups is 2. The van der Waals surface area contributed by atoms with Crippen LogP contribution in [-0.4, -0.2) is 34.5 Å². The van der Waals surface area contributed by atoms with E-state index in [0.717, 1.165) is 12.8 Å². The van der Waals surface area contributed by atoms with E-state index < -0.39 is 17.9 Å². The minimum Gasteiger partial charge on any atom is -0.480 e. The van der Waals surface area contributed by atoms with Crippen LogP contribution in [0.3, 0.4) is 0 Å². The summed E-state index contributed by atoms with van der Waals surface area (Å²) in [6.07, 6.45) is 2.02. The molecule has 0 spiro atoms. The second kappa shape index (κ2) is 6.24. The van der Waals surface area contributed by atoms with Crippen LogP contribution < -0.4 is 0 Å². The fraction of sp³-hybridized carbons (Fsp3) is 0.294. The van der Waals surface area contributed by atoms with Crippen molar-refractivity contribution >= 4 is 11.9 Å². The predicted octanol–water partition coefficient (Wildman–Crippen LogP) is 3.17. The molecule has 1 saturated heterocycles. The SMILES string of the molecule is O=C(O)[C@H]1CCCCN1C(=O)c1ccc(-c2ccc(F)cc2)o1. The summed E-state index contributed by atoms with van der Waals surface area (Å²) in [7, 11) is 0. The number of benzene rings is 1. The molecule has 0 radical (unpaired) electrons. The number of hydrogen-bond acceptors (Lipinski definition) is 3. The van der Waals surface area contributed by atoms with Crippen molar-refractivity contribution in [2.45, 2.75) is 25.3 Å². The van der Waals surface area contributed by atoms with Crippen LogP contribution in [-0.2, 0) is 4.79 Å². The van der Waals surface area contributed by atoms with Gasteiger partial charge in [0.15, 0.2) is 5.76 Å². The first-order valence-electron chi connectivity index (χ1n) is 7.46. The summed E-state index contributed by atoms with van der Waals surface area (Å²) in [5.41, 5.74) is 0.652. The molecular weight excluding hydrogens is 301 g/mol. The standard InChI is InChI=1S/C17H16FNO4/c18-12-6-4-11(5-7-12)14-8-9-15(23-14)16(20)19-10-2-1-3-13(19)17(21)22/h4-9,13H,1-3,10H2,(H,21,22)/t13-/m1/s1. The van der Waals surface area contributed by atoms with E-state index in [2.05, 4.69) is 0 Å². The minimum atomic E-state index is -0.997. The number of amides is 1. The highest BCUT2D eigenvalue weighted by Crippen LogP contribution is 2.25. The van der Waals surface area contributed by atoms with Gasteiger partial charge in [0.2, 0.25) is 0 Å². The van der Waals surface area contributed by atoms with E-state index in [1.807, 2.05) is 0 Å². The number of halogens is 1. The van der Waals surface area contributed by atoms with E-state index in [1.54, 1.807) is 18.2 Å². The fourth-order valence-electron chi connectivity index (χ4n) is 2.80. The minimum absolute atomic E-state index is 0.0949. The molecule has 120 valence electrons. The quantitative estimate of drug-likeness (QED) is 0.944. The lowest BCUT2D eigenvalue weighted by molar-refractivity contribution is -0.143. The van der Waals surface area contributed by atoms with Crippen molar-refractivity contribution in [3.8, 4) is 11.3 Å². The molecule has 1 aromatic heterocycles. The van der Waals surface area contributed by atoms with Crippen molar-refractivity contribution < 1.29 is 23.5 Å². The molecule has 1 amide bonds. The van der Waals surface area contributed by atoms with E-state index in [0.29, 0.717) is 24.3 Å². The van der Waals surface area contributed by atoms with Crippen LogP contribution in [0, 0.1) is 5.82 Å². The largest absolute Gasteiger partial charge is 0.480 e. The Kier molecular flexibility index (Phi) is 4.14. The molecule has 1 aliphatic rings. The van der Waals surface area contributed by atoms with Crippen LogP contribution in [0.1, 0.15) is 29.8 Å². The van der Waals surface area contributed by atoms with Gasteiger partial charge >= 0.3 is 5.97 Å². The van der Waals surface area contributed by atoms with Gasteiger partial charge in [-0.15, -0.1) is 0 Å². The van der Waals surface area contributed by atoms with Crippen LogP contribution in [0.5, 0.6) is 0 Å². The average molecular weight is 317 g/mol. The van der Waals surface area contributed by atoms with Crippen LogP contribution in [0.25, 0.3) is 11.3 Å². The third kappa shape index (κ3) is 3.11. The third-order valence-electron chi connectivity index (χ3n) is 3.99. The molecule has 0 bridgehead atoms. The Hall–Kier alpha value is -2.63. The number of rotatable bonds is 3. The first-order chi connectivity index (χ1) is 11.1. The molecule has 1 N–H and O–H groups in total. The normalized spacial score (nSPS) is 18.0. The number of nitrogens with zero attached hydrogens (tertiary/aromatic N) is 1. The topological polar surface area (TPSA) is 70.8 Å². The zero-order valence-corrected chi connectivity index (χ0v) is 12.4. The summed E-state index contributed by atoms with van der Waals surface area (Å²) in [6, 6.07) is 8.08. The summed E-state index contributed by atoms with van der Waals surface area (Å²) >= 11 is 0. The second-order valence-corrected chi connectivity index (χ2v) is 5.52. The molecule has 6 heteroatoms. The number of carboxylic acid groups (broad SMARTS) is 1. The molecule has 5 nitrogen and oxygen atoms in total. The van der Waals surface area contributed by atoms with Gasteiger partial charge in [0.05, 0.1) is 0 Å². The Bertz CT molecular complexity index is 722. The van der Waals surface area contributed by atoms with Gasteiger partial charge in [-0.1, -0.05) is 0 Å². The Labute approximate surface area is 132 Å². The monoisotopic (exact) mass is 317 g/mol. The lowest BCUT2D eigenvalue weighted by Gasteiger charge is -2.32. The lowest BCUT2D eigenvalue weighted by atomic mass is 10.0. The Morgan fingerprint density at radius 1 is 1.13 bits per heavy atom. The van der Waals surface area contributed by atoms with Gasteiger partial charge in [0.25, 0.3) is 5.91 Å². The molecule has 2 aromatic rings. The van der Waals surface area contributed by atoms with Crippen molar-refractivity contribution in [3.63, 3.8) is 0 Å². The zero-order valence-electron chi connectivity index (χ0n) is 12.4. The second-order valence-electron chi connectivity index (χ2n) is 5.52. The highest BCUT2D eigenvalue weighted by Gasteiger charge is 2.33. The summed E-state index contributed by atoms with van der Waals surface area (Å²) < 4.78 is 18.5. The maximum absolute atomic E-state index is 13.0. The van der Waals surface area contributed by atoms with Crippen molar-refractivity contribution in [1.82, 2.24) is 4.90 Å². The molecule has 0 unspecified atom stereocenters. The van der Waals surface area contributed by atoms with Crippen LogP contribution in [0.4, 0.5) is 4.39 Å². The molecule has 1 aromatic carbocycles. The number of hydrogen-bond donors (Lipinski definition) is 1. The molecule has 2 heterocycles. The Morgan fingerprint density at radius 2 is 1.87 bits per heavy atom. The van der Waals surface area contributed by atoms with Gasteiger partial charge in [0.1, 0.15) is 17.6 Å². The first kappa shape index (κ1) is 15.3. The zero-order chi connectivity index (χ0) is 16.4. The van der Waals surface area contributed by atoms with Crippen molar-refractivity contribution in [3.05, 3.63) is 48.0 Å². The Balaban J connectivity index is 1.83. The summed E-state index contributed by atoms with van der Waals surface area (Å²) in [6.45, 7) is 0.405. The van der Waals surface area contributed by atoms with E-state index in [1.165, 1.54) is 23.1 Å². The van der Waals surface area contributed by atoms with Gasteiger partial charge in [-0.05, 0) is 55.7 Å². The Morgan fingerprint density at radius 3 is 2.57 bits per heavy atom. The van der Waals surface area contributed by atoms with Gasteiger partial charge in [0, 0.05) is 12.1 Å². The molecule has 3 rings (SSSR count). The average Bonchev–Trinajstić information content (AvgIpc) is 3.04. The maximum atomic E-state index is 13.0. The highest BCUT2D eigenvalue weighted by molar-refractivity contribution is 5.95. The van der Waals surface area contributed by atoms with Crippen molar-refractivity contribution in [1.29, 1.82) is 0 Å². The van der Waals surface area contributed by atoms with E-state index in [-0.39, 0.29) is 11.6 Å². The van der Waals surface area contributed by atoms with E-state index >= 15 is 0 Å². The summed E-state index contributed by atoms with van der Waals surface area (Å²) in [5.74, 6) is -1.24. The lowest BCUT2D eigenvalue weighted by Crippen LogP contribution is -2.47.